The van der Waals surface area contributed by atoms with E-state index in [4.69, 9.17) is 10.5 Å². The minimum absolute atomic E-state index is 0.334. The van der Waals surface area contributed by atoms with Crippen molar-refractivity contribution in [3.8, 4) is 0 Å². The molecule has 0 aromatic heterocycles. The van der Waals surface area contributed by atoms with Crippen LogP contribution in [0.2, 0.25) is 0 Å². The van der Waals surface area contributed by atoms with Crippen LogP contribution in [0.3, 0.4) is 0 Å². The first-order chi connectivity index (χ1) is 8.17. The summed E-state index contributed by atoms with van der Waals surface area (Å²) in [5, 5.41) is 3.54. The van der Waals surface area contributed by atoms with E-state index in [0.717, 1.165) is 19.4 Å². The quantitative estimate of drug-likeness (QED) is 0.745. The molecule has 1 atom stereocenters. The maximum absolute atomic E-state index is 5.55. The molecule has 0 aliphatic heterocycles. The Bertz CT molecular complexity index is 344. The minimum Gasteiger partial charge on any atom is -0.383 e. The number of rotatable bonds is 7. The van der Waals surface area contributed by atoms with Gasteiger partial charge < -0.3 is 15.8 Å². The lowest BCUT2D eigenvalue weighted by atomic mass is 10.1. The summed E-state index contributed by atoms with van der Waals surface area (Å²) in [6, 6.07) is 6.75. The van der Waals surface area contributed by atoms with E-state index in [1.807, 2.05) is 0 Å². The monoisotopic (exact) mass is 348 g/mol. The summed E-state index contributed by atoms with van der Waals surface area (Å²) in [6.45, 7) is 3.56. The molecule has 0 aliphatic carbocycles. The highest BCUT2D eigenvalue weighted by molar-refractivity contribution is 14.1. The van der Waals surface area contributed by atoms with Gasteiger partial charge in [-0.3, -0.25) is 0 Å². The fraction of sp³-hybridized carbons (Fsp3) is 0.538. The summed E-state index contributed by atoms with van der Waals surface area (Å²) < 4.78 is 6.48. The highest BCUT2D eigenvalue weighted by Crippen LogP contribution is 2.20. The van der Waals surface area contributed by atoms with E-state index in [-0.39, 0.29) is 0 Å². The zero-order valence-corrected chi connectivity index (χ0v) is 12.7. The molecule has 1 unspecified atom stereocenters. The van der Waals surface area contributed by atoms with Crippen molar-refractivity contribution >= 4 is 28.3 Å². The summed E-state index contributed by atoms with van der Waals surface area (Å²) in [7, 11) is 1.73. The maximum Gasteiger partial charge on any atom is 0.0664 e. The predicted octanol–water partition coefficient (Wildman–Crippen LogP) is 2.77. The molecule has 0 saturated heterocycles. The average Bonchev–Trinajstić information content (AvgIpc) is 2.31. The van der Waals surface area contributed by atoms with E-state index in [1.54, 1.807) is 7.11 Å². The van der Waals surface area contributed by atoms with Crippen molar-refractivity contribution in [2.75, 3.05) is 25.6 Å². The van der Waals surface area contributed by atoms with E-state index in [9.17, 15) is 0 Å². The van der Waals surface area contributed by atoms with Gasteiger partial charge in [-0.2, -0.15) is 0 Å². The van der Waals surface area contributed by atoms with Gasteiger partial charge in [-0.25, -0.2) is 0 Å². The Morgan fingerprint density at radius 2 is 2.24 bits per heavy atom. The Labute approximate surface area is 117 Å². The average molecular weight is 348 g/mol. The van der Waals surface area contributed by atoms with Gasteiger partial charge in [0, 0.05) is 22.4 Å². The van der Waals surface area contributed by atoms with Gasteiger partial charge in [-0.05, 0) is 66.6 Å². The zero-order valence-electron chi connectivity index (χ0n) is 10.5. The number of hydrogen-bond acceptors (Lipinski definition) is 3. The number of benzene rings is 1. The van der Waals surface area contributed by atoms with E-state index in [0.29, 0.717) is 12.6 Å². The molecule has 3 nitrogen and oxygen atoms in total. The third-order valence-corrected chi connectivity index (χ3v) is 3.35. The van der Waals surface area contributed by atoms with Gasteiger partial charge in [-0.1, -0.05) is 6.07 Å². The van der Waals surface area contributed by atoms with Crippen molar-refractivity contribution in [1.29, 1.82) is 0 Å². The second-order valence-corrected chi connectivity index (χ2v) is 5.43. The van der Waals surface area contributed by atoms with E-state index in [1.165, 1.54) is 14.8 Å². The highest BCUT2D eigenvalue weighted by atomic mass is 127. The fourth-order valence-electron chi connectivity index (χ4n) is 1.73. The van der Waals surface area contributed by atoms with Crippen LogP contribution in [0.1, 0.15) is 18.4 Å². The van der Waals surface area contributed by atoms with Crippen LogP contribution in [0.4, 0.5) is 5.69 Å². The Hall–Kier alpha value is -0.330. The molecule has 0 fully saturated rings. The standard InChI is InChI=1S/C13H21IN2O/c1-10-5-6-11(14)8-13(10)16-12(9-17-2)4-3-7-15/h5-6,8,12,16H,3-4,7,9,15H2,1-2H3. The first-order valence-corrected chi connectivity index (χ1v) is 6.97. The van der Waals surface area contributed by atoms with Crippen molar-refractivity contribution in [2.45, 2.75) is 25.8 Å². The lowest BCUT2D eigenvalue weighted by Gasteiger charge is -2.20. The SMILES string of the molecule is COCC(CCCN)Nc1cc(I)ccc1C. The second kappa shape index (κ2) is 7.89. The van der Waals surface area contributed by atoms with Crippen LogP contribution in [-0.4, -0.2) is 26.3 Å². The minimum atomic E-state index is 0.334. The van der Waals surface area contributed by atoms with Gasteiger partial charge in [0.1, 0.15) is 0 Å². The predicted molar refractivity (Wildman–Crippen MR) is 81.5 cm³/mol. The Morgan fingerprint density at radius 3 is 2.88 bits per heavy atom. The summed E-state index contributed by atoms with van der Waals surface area (Å²) in [5.74, 6) is 0. The number of nitrogens with one attached hydrogen (secondary N) is 1. The first-order valence-electron chi connectivity index (χ1n) is 5.89. The topological polar surface area (TPSA) is 47.3 Å². The number of nitrogens with two attached hydrogens (primary N) is 1. The third-order valence-electron chi connectivity index (χ3n) is 2.68. The van der Waals surface area contributed by atoms with Gasteiger partial charge in [0.25, 0.3) is 0 Å². The molecule has 4 heteroatoms. The molecule has 0 saturated carbocycles. The Kier molecular flexibility index (Phi) is 6.84. The normalized spacial score (nSPS) is 12.5. The zero-order chi connectivity index (χ0) is 12.7. The first kappa shape index (κ1) is 14.7. The van der Waals surface area contributed by atoms with Crippen molar-refractivity contribution in [3.05, 3.63) is 27.3 Å². The molecule has 1 rings (SSSR count). The molecule has 0 spiro atoms. The molecular weight excluding hydrogens is 327 g/mol. The highest BCUT2D eigenvalue weighted by Gasteiger charge is 2.09. The third kappa shape index (κ3) is 5.23. The molecule has 17 heavy (non-hydrogen) atoms. The van der Waals surface area contributed by atoms with Crippen molar-refractivity contribution in [2.24, 2.45) is 5.73 Å². The van der Waals surface area contributed by atoms with Crippen LogP contribution in [-0.2, 0) is 4.74 Å². The molecule has 0 amide bonds. The number of anilines is 1. The van der Waals surface area contributed by atoms with Crippen molar-refractivity contribution < 1.29 is 4.74 Å². The summed E-state index contributed by atoms with van der Waals surface area (Å²) in [5.41, 5.74) is 8.00. The van der Waals surface area contributed by atoms with Gasteiger partial charge >= 0.3 is 0 Å². The van der Waals surface area contributed by atoms with Gasteiger partial charge in [0.2, 0.25) is 0 Å². The van der Waals surface area contributed by atoms with Crippen LogP contribution in [0, 0.1) is 10.5 Å². The second-order valence-electron chi connectivity index (χ2n) is 4.19. The molecule has 0 bridgehead atoms. The molecular formula is C13H21IN2O. The largest absolute Gasteiger partial charge is 0.383 e. The Morgan fingerprint density at radius 1 is 1.47 bits per heavy atom. The molecule has 96 valence electrons. The van der Waals surface area contributed by atoms with Crippen molar-refractivity contribution in [3.63, 3.8) is 0 Å². The summed E-state index contributed by atoms with van der Waals surface area (Å²) >= 11 is 2.33. The number of hydrogen-bond donors (Lipinski definition) is 2. The molecule has 0 aliphatic rings. The van der Waals surface area contributed by atoms with Crippen LogP contribution in [0.15, 0.2) is 18.2 Å². The number of methoxy groups -OCH3 is 1. The van der Waals surface area contributed by atoms with Gasteiger partial charge in [0.05, 0.1) is 6.61 Å². The Balaban J connectivity index is 2.67. The fourth-order valence-corrected chi connectivity index (χ4v) is 2.22. The lowest BCUT2D eigenvalue weighted by Crippen LogP contribution is -2.26. The summed E-state index contributed by atoms with van der Waals surface area (Å²) in [6.07, 6.45) is 2.05. The summed E-state index contributed by atoms with van der Waals surface area (Å²) in [4.78, 5) is 0. The van der Waals surface area contributed by atoms with E-state index < -0.39 is 0 Å². The molecule has 0 heterocycles. The smallest absolute Gasteiger partial charge is 0.0664 e. The number of aryl methyl sites for hydroxylation is 1. The number of halogens is 1. The van der Waals surface area contributed by atoms with Crippen LogP contribution in [0.5, 0.6) is 0 Å². The molecule has 3 N–H and O–H groups in total. The molecule has 1 aromatic rings. The van der Waals surface area contributed by atoms with Crippen LogP contribution >= 0.6 is 22.6 Å². The van der Waals surface area contributed by atoms with E-state index >= 15 is 0 Å². The van der Waals surface area contributed by atoms with Gasteiger partial charge in [-0.15, -0.1) is 0 Å². The van der Waals surface area contributed by atoms with Crippen LogP contribution < -0.4 is 11.1 Å². The lowest BCUT2D eigenvalue weighted by molar-refractivity contribution is 0.182. The van der Waals surface area contributed by atoms with Crippen LogP contribution in [0.25, 0.3) is 0 Å². The maximum atomic E-state index is 5.55. The number of ether oxygens (including phenoxy) is 1. The van der Waals surface area contributed by atoms with Crippen molar-refractivity contribution in [1.82, 2.24) is 0 Å². The van der Waals surface area contributed by atoms with E-state index in [2.05, 4.69) is 53.0 Å². The molecule has 0 radical (unpaired) electrons. The molecule has 1 aromatic carbocycles. The van der Waals surface area contributed by atoms with Gasteiger partial charge in [0.15, 0.2) is 0 Å².